The number of aromatic nitrogens is 6. The summed E-state index contributed by atoms with van der Waals surface area (Å²) in [4.78, 5) is 2.66. The van der Waals surface area contributed by atoms with Crippen LogP contribution >= 0.6 is 0 Å². The van der Waals surface area contributed by atoms with E-state index in [1.165, 1.54) is 115 Å². The van der Waals surface area contributed by atoms with Gasteiger partial charge in [0.1, 0.15) is 0 Å². The zero-order valence-electron chi connectivity index (χ0n) is 52.5. The Hall–Kier alpha value is -12.8. The monoisotopic (exact) mass is 1240 g/mol. The number of hydrogen-bond acceptors (Lipinski definition) is 1. The fraction of sp³-hybridized carbons (Fsp3) is 0.0222. The summed E-state index contributed by atoms with van der Waals surface area (Å²) in [5.41, 5.74) is 24.2. The fourth-order valence-electron chi connectivity index (χ4n) is 17.6. The summed E-state index contributed by atoms with van der Waals surface area (Å²) in [6, 6.07) is 116. The van der Waals surface area contributed by atoms with E-state index in [-0.39, 0.29) is 12.0 Å². The summed E-state index contributed by atoms with van der Waals surface area (Å²) < 4.78 is 15.2. The molecule has 452 valence electrons. The third-order valence-corrected chi connectivity index (χ3v) is 21.4. The highest BCUT2D eigenvalue weighted by molar-refractivity contribution is 6.28. The number of hydrogen-bond donors (Lipinski definition) is 0. The number of nitrogens with zero attached hydrogens (tertiary/aromatic N) is 7. The van der Waals surface area contributed by atoms with Crippen molar-refractivity contribution in [2.45, 2.75) is 12.0 Å². The smallest absolute Gasteiger partial charge is 0.0782 e. The van der Waals surface area contributed by atoms with Crippen molar-refractivity contribution >= 4 is 142 Å². The van der Waals surface area contributed by atoms with Gasteiger partial charge >= 0.3 is 0 Å². The van der Waals surface area contributed by atoms with Gasteiger partial charge in [0.2, 0.25) is 0 Å². The number of anilines is 2. The minimum atomic E-state index is 0.0224. The molecule has 0 amide bonds. The minimum absolute atomic E-state index is 0.0224. The highest BCUT2D eigenvalue weighted by Gasteiger charge is 2.40. The first-order valence-electron chi connectivity index (χ1n) is 33.7. The SMILES string of the molecule is C1=CC2c3ccc4c5ccccc5n(-c5cc(-n6c7ccccc7c7c6ccc6c8ccccc8n(-c8ccccc8)c67)cc(-n6c7ccccc7c7c6ccc6c8ccccc8n(-c8ccccc8)c67)c5)c4c3N(c3cccc(-n4c5ccccc5c5ccccc54)c3)C2C=C1. The minimum Gasteiger partial charge on any atom is -0.332 e. The second-order valence-corrected chi connectivity index (χ2v) is 26.3. The number of allylic oxidation sites excluding steroid dienone is 2. The molecule has 2 unspecified atom stereocenters. The normalized spacial score (nSPS) is 14.7. The molecular weight excluding hydrogens is 1180 g/mol. The molecule has 7 heterocycles. The molecule has 0 saturated heterocycles. The largest absolute Gasteiger partial charge is 0.332 e. The zero-order valence-corrected chi connectivity index (χ0v) is 52.5. The molecule has 6 aromatic heterocycles. The van der Waals surface area contributed by atoms with Gasteiger partial charge in [-0.2, -0.15) is 0 Å². The molecule has 0 fully saturated rings. The predicted molar refractivity (Wildman–Crippen MR) is 406 cm³/mol. The highest BCUT2D eigenvalue weighted by Crippen LogP contribution is 2.54. The van der Waals surface area contributed by atoms with Gasteiger partial charge in [0.15, 0.2) is 0 Å². The predicted octanol–water partition coefficient (Wildman–Crippen LogP) is 23.0. The third kappa shape index (κ3) is 7.18. The van der Waals surface area contributed by atoms with Crippen molar-refractivity contribution < 1.29 is 0 Å². The molecule has 0 radical (unpaired) electrons. The zero-order chi connectivity index (χ0) is 63.1. The van der Waals surface area contributed by atoms with Gasteiger partial charge in [-0.3, -0.25) is 0 Å². The van der Waals surface area contributed by atoms with E-state index in [9.17, 15) is 0 Å². The Bertz CT molecular complexity index is 6530. The van der Waals surface area contributed by atoms with Crippen LogP contribution in [0.2, 0.25) is 0 Å². The molecule has 14 aromatic carbocycles. The van der Waals surface area contributed by atoms with E-state index in [4.69, 9.17) is 0 Å². The van der Waals surface area contributed by atoms with Crippen molar-refractivity contribution in [1.82, 2.24) is 27.4 Å². The Labute approximate surface area is 556 Å². The maximum atomic E-state index is 2.66. The van der Waals surface area contributed by atoms with E-state index >= 15 is 0 Å². The highest BCUT2D eigenvalue weighted by atomic mass is 15.2. The van der Waals surface area contributed by atoms with Crippen LogP contribution in [-0.4, -0.2) is 33.4 Å². The maximum absolute atomic E-state index is 2.66. The number of para-hydroxylation sites is 9. The van der Waals surface area contributed by atoms with E-state index in [0.29, 0.717) is 0 Å². The maximum Gasteiger partial charge on any atom is 0.0782 e. The Morgan fingerprint density at radius 3 is 1.02 bits per heavy atom. The molecule has 0 spiro atoms. The van der Waals surface area contributed by atoms with Crippen LogP contribution in [0.5, 0.6) is 0 Å². The van der Waals surface area contributed by atoms with Crippen LogP contribution in [0.25, 0.3) is 165 Å². The van der Waals surface area contributed by atoms with Gasteiger partial charge in [0, 0.05) is 93.3 Å². The molecule has 2 atom stereocenters. The summed E-state index contributed by atoms with van der Waals surface area (Å²) in [5.74, 6) is 0.108. The lowest BCUT2D eigenvalue weighted by Gasteiger charge is -2.30. The molecule has 20 aromatic rings. The average molecular weight is 1240 g/mol. The molecule has 7 heteroatoms. The van der Waals surface area contributed by atoms with Crippen LogP contribution in [0.15, 0.2) is 334 Å². The first-order valence-corrected chi connectivity index (χ1v) is 33.7. The first kappa shape index (κ1) is 52.6. The Morgan fingerprint density at radius 1 is 0.206 bits per heavy atom. The lowest BCUT2D eigenvalue weighted by molar-refractivity contribution is 0.744. The van der Waals surface area contributed by atoms with Crippen molar-refractivity contribution in [2.75, 3.05) is 4.90 Å². The number of fused-ring (bicyclic) bond motifs is 24. The Morgan fingerprint density at radius 2 is 0.536 bits per heavy atom. The molecule has 0 bridgehead atoms. The van der Waals surface area contributed by atoms with E-state index < -0.39 is 0 Å². The molecule has 1 aliphatic carbocycles. The lowest BCUT2D eigenvalue weighted by Crippen LogP contribution is -2.28. The Kier molecular flexibility index (Phi) is 10.8. The molecule has 22 rings (SSSR count). The van der Waals surface area contributed by atoms with Crippen LogP contribution in [0, 0.1) is 0 Å². The van der Waals surface area contributed by atoms with Crippen LogP contribution in [0.4, 0.5) is 11.4 Å². The van der Waals surface area contributed by atoms with Gasteiger partial charge in [0.05, 0.1) is 95.0 Å². The lowest BCUT2D eigenvalue weighted by atomic mass is 9.91. The molecular formula is C90H57N7. The van der Waals surface area contributed by atoms with Gasteiger partial charge in [0.25, 0.3) is 0 Å². The van der Waals surface area contributed by atoms with Crippen LogP contribution in [0.3, 0.4) is 0 Å². The Balaban J connectivity index is 0.868. The summed E-state index contributed by atoms with van der Waals surface area (Å²) in [7, 11) is 0. The van der Waals surface area contributed by atoms with Gasteiger partial charge in [-0.25, -0.2) is 0 Å². The molecule has 0 N–H and O–H groups in total. The van der Waals surface area contributed by atoms with Crippen LogP contribution < -0.4 is 4.90 Å². The fourth-order valence-corrected chi connectivity index (χ4v) is 17.6. The second-order valence-electron chi connectivity index (χ2n) is 26.3. The van der Waals surface area contributed by atoms with Gasteiger partial charge in [-0.1, -0.05) is 218 Å². The van der Waals surface area contributed by atoms with E-state index in [0.717, 1.165) is 67.4 Å². The number of rotatable bonds is 7. The summed E-state index contributed by atoms with van der Waals surface area (Å²) in [5, 5.41) is 14.6. The molecule has 2 aliphatic rings. The third-order valence-electron chi connectivity index (χ3n) is 21.4. The van der Waals surface area contributed by atoms with E-state index in [1.54, 1.807) is 0 Å². The van der Waals surface area contributed by atoms with Gasteiger partial charge < -0.3 is 32.3 Å². The summed E-state index contributed by atoms with van der Waals surface area (Å²) >= 11 is 0. The summed E-state index contributed by atoms with van der Waals surface area (Å²) in [6.45, 7) is 0. The summed E-state index contributed by atoms with van der Waals surface area (Å²) in [6.07, 6.45) is 9.33. The first-order chi connectivity index (χ1) is 48.2. The molecule has 1 aliphatic heterocycles. The molecule has 97 heavy (non-hydrogen) atoms. The van der Waals surface area contributed by atoms with Crippen LogP contribution in [-0.2, 0) is 0 Å². The van der Waals surface area contributed by atoms with Gasteiger partial charge in [-0.05, 0) is 121 Å². The molecule has 7 nitrogen and oxygen atoms in total. The van der Waals surface area contributed by atoms with Crippen molar-refractivity contribution in [3.8, 4) is 34.1 Å². The average Bonchev–Trinajstić information content (AvgIpc) is 1.56. The van der Waals surface area contributed by atoms with Crippen LogP contribution in [0.1, 0.15) is 11.5 Å². The standard InChI is InChI=1S/C90H57N7/c1-3-24-56(25-4-1)94-77-40-17-9-32-65(77)69-48-50-83-85(87(69)94)73-36-13-21-44-81(73)92(83)60-53-61(93-82-45-22-14-37-74(82)86-84(93)51-49-70-66-33-10-18-41-78(66)95(88(70)86)57-26-5-2-6-27-57)55-62(54-60)97-80-43-20-12-35-68(80)72-47-46-71-67-34-11-19-42-79(67)96(89(71)90(72)97)59-29-23-28-58(52-59)91-75-38-15-7-30-63(75)64-31-8-16-39-76(64)91/h1-55,67,79H. The second kappa shape index (κ2) is 19.9. The van der Waals surface area contributed by atoms with E-state index in [2.05, 4.69) is 366 Å². The quantitative estimate of drug-likeness (QED) is 0.157. The van der Waals surface area contributed by atoms with Crippen molar-refractivity contribution in [3.05, 3.63) is 339 Å². The van der Waals surface area contributed by atoms with Crippen molar-refractivity contribution in [3.63, 3.8) is 0 Å². The van der Waals surface area contributed by atoms with Gasteiger partial charge in [-0.15, -0.1) is 0 Å². The topological polar surface area (TPSA) is 32.8 Å². The van der Waals surface area contributed by atoms with Crippen molar-refractivity contribution in [1.29, 1.82) is 0 Å². The van der Waals surface area contributed by atoms with E-state index in [1.807, 2.05) is 0 Å². The number of benzene rings is 14. The van der Waals surface area contributed by atoms with Crippen molar-refractivity contribution in [2.24, 2.45) is 0 Å². The molecule has 0 saturated carbocycles.